The van der Waals surface area contributed by atoms with Crippen LogP contribution in [0.3, 0.4) is 0 Å². The van der Waals surface area contributed by atoms with E-state index in [0.717, 1.165) is 24.1 Å². The van der Waals surface area contributed by atoms with E-state index in [1.165, 1.54) is 6.26 Å². The maximum absolute atomic E-state index is 12.2. The molecule has 1 heterocycles. The van der Waals surface area contributed by atoms with Gasteiger partial charge in [0.25, 0.3) is 5.91 Å². The molecule has 0 aliphatic heterocycles. The summed E-state index contributed by atoms with van der Waals surface area (Å²) in [6.07, 6.45) is 4.07. The molecule has 1 aromatic carbocycles. The van der Waals surface area contributed by atoms with Gasteiger partial charge in [-0.15, -0.1) is 0 Å². The van der Waals surface area contributed by atoms with Crippen LogP contribution in [0.2, 0.25) is 0 Å². The molecule has 0 unspecified atom stereocenters. The highest BCUT2D eigenvalue weighted by Crippen LogP contribution is 2.40. The third kappa shape index (κ3) is 4.82. The molecule has 1 saturated carbocycles. The lowest BCUT2D eigenvalue weighted by Crippen LogP contribution is -2.23. The van der Waals surface area contributed by atoms with E-state index in [1.807, 2.05) is 12.1 Å². The van der Waals surface area contributed by atoms with Crippen LogP contribution in [-0.4, -0.2) is 28.7 Å². The van der Waals surface area contributed by atoms with Crippen molar-refractivity contribution in [2.45, 2.75) is 38.1 Å². The summed E-state index contributed by atoms with van der Waals surface area (Å²) in [4.78, 5) is 22.7. The summed E-state index contributed by atoms with van der Waals surface area (Å²) in [5.41, 5.74) is 2.21. The van der Waals surface area contributed by atoms with Crippen molar-refractivity contribution < 1.29 is 24.0 Å². The highest BCUT2D eigenvalue weighted by atomic mass is 16.5. The van der Waals surface area contributed by atoms with Crippen LogP contribution in [0.4, 0.5) is 0 Å². The van der Waals surface area contributed by atoms with Crippen molar-refractivity contribution in [1.82, 2.24) is 10.5 Å². The number of carboxylic acids is 1. The molecule has 3 rings (SSSR count). The minimum absolute atomic E-state index is 0.0931. The third-order valence-electron chi connectivity index (χ3n) is 3.99. The molecule has 0 atom stereocenters. The summed E-state index contributed by atoms with van der Waals surface area (Å²) in [5, 5.41) is 15.4. The molecule has 7 nitrogen and oxygen atoms in total. The van der Waals surface area contributed by atoms with Gasteiger partial charge in [-0.2, -0.15) is 0 Å². The van der Waals surface area contributed by atoms with Crippen molar-refractivity contribution in [3.05, 3.63) is 47.3 Å². The molecule has 1 amide bonds. The fraction of sp³-hybridized carbons (Fsp3) is 0.389. The highest BCUT2D eigenvalue weighted by molar-refractivity contribution is 5.95. The van der Waals surface area contributed by atoms with Crippen LogP contribution in [0.25, 0.3) is 0 Å². The molecule has 0 radical (unpaired) electrons. The molecule has 1 fully saturated rings. The minimum Gasteiger partial charge on any atom is -0.494 e. The first-order valence-electron chi connectivity index (χ1n) is 8.29. The summed E-state index contributed by atoms with van der Waals surface area (Å²) in [7, 11) is 0. The van der Waals surface area contributed by atoms with Gasteiger partial charge in [-0.3, -0.25) is 9.59 Å². The molecular weight excluding hydrogens is 324 g/mol. The number of carbonyl (C=O) groups excluding carboxylic acids is 1. The van der Waals surface area contributed by atoms with Crippen molar-refractivity contribution in [3.8, 4) is 5.75 Å². The van der Waals surface area contributed by atoms with E-state index in [9.17, 15) is 9.59 Å². The van der Waals surface area contributed by atoms with E-state index in [2.05, 4.69) is 10.5 Å². The maximum Gasteiger partial charge on any atom is 0.303 e. The van der Waals surface area contributed by atoms with Gasteiger partial charge in [-0.05, 0) is 37.0 Å². The Morgan fingerprint density at radius 3 is 2.72 bits per heavy atom. The first kappa shape index (κ1) is 17.0. The number of aromatic nitrogens is 1. The first-order valence-corrected chi connectivity index (χ1v) is 8.29. The molecule has 1 aliphatic rings. The predicted molar refractivity (Wildman–Crippen MR) is 88.5 cm³/mol. The molecule has 0 saturated heterocycles. The van der Waals surface area contributed by atoms with Crippen molar-refractivity contribution in [3.63, 3.8) is 0 Å². The molecular formula is C18H20N2O5. The summed E-state index contributed by atoms with van der Waals surface area (Å²) in [6, 6.07) is 7.33. The van der Waals surface area contributed by atoms with Gasteiger partial charge in [0.1, 0.15) is 17.6 Å². The number of benzene rings is 1. The molecule has 25 heavy (non-hydrogen) atoms. The van der Waals surface area contributed by atoms with Crippen LogP contribution in [-0.2, 0) is 11.3 Å². The molecule has 0 bridgehead atoms. The number of carboxylic acid groups (broad SMARTS) is 1. The zero-order valence-electron chi connectivity index (χ0n) is 13.7. The van der Waals surface area contributed by atoms with E-state index in [1.54, 1.807) is 12.1 Å². The standard InChI is InChI=1S/C18H20N2O5/c21-16(22)2-1-9-24-14-7-3-12(4-8-14)10-19-18(23)15-11-25-20-17(15)13-5-6-13/h3-4,7-8,11,13H,1-2,5-6,9-10H2,(H,19,23)(H,21,22). The van der Waals surface area contributed by atoms with E-state index in [4.69, 9.17) is 14.4 Å². The van der Waals surface area contributed by atoms with Gasteiger partial charge < -0.3 is 19.7 Å². The number of rotatable bonds is 9. The molecule has 1 aromatic heterocycles. The van der Waals surface area contributed by atoms with E-state index in [0.29, 0.717) is 36.8 Å². The number of nitrogens with one attached hydrogen (secondary N) is 1. The Morgan fingerprint density at radius 2 is 2.04 bits per heavy atom. The average molecular weight is 344 g/mol. The smallest absolute Gasteiger partial charge is 0.303 e. The number of aliphatic carboxylic acids is 1. The lowest BCUT2D eigenvalue weighted by atomic mass is 10.1. The second kappa shape index (κ2) is 7.83. The van der Waals surface area contributed by atoms with Crippen molar-refractivity contribution in [2.24, 2.45) is 0 Å². The van der Waals surface area contributed by atoms with Crippen LogP contribution in [0, 0.1) is 0 Å². The number of ether oxygens (including phenoxy) is 1. The quantitative estimate of drug-likeness (QED) is 0.678. The Labute approximate surface area is 145 Å². The molecule has 2 aromatic rings. The Bertz CT molecular complexity index is 734. The fourth-order valence-corrected chi connectivity index (χ4v) is 2.46. The number of amides is 1. The number of hydrogen-bond acceptors (Lipinski definition) is 5. The fourth-order valence-electron chi connectivity index (χ4n) is 2.46. The Kier molecular flexibility index (Phi) is 5.33. The molecule has 1 aliphatic carbocycles. The summed E-state index contributed by atoms with van der Waals surface area (Å²) in [6.45, 7) is 0.757. The summed E-state index contributed by atoms with van der Waals surface area (Å²) in [5.74, 6) is 0.0251. The maximum atomic E-state index is 12.2. The molecule has 0 spiro atoms. The second-order valence-electron chi connectivity index (χ2n) is 6.06. The van der Waals surface area contributed by atoms with Crippen LogP contribution >= 0.6 is 0 Å². The zero-order chi connectivity index (χ0) is 17.6. The van der Waals surface area contributed by atoms with Crippen LogP contribution in [0.15, 0.2) is 35.1 Å². The highest BCUT2D eigenvalue weighted by Gasteiger charge is 2.31. The monoisotopic (exact) mass is 344 g/mol. The van der Waals surface area contributed by atoms with Crippen LogP contribution in [0.5, 0.6) is 5.75 Å². The lowest BCUT2D eigenvalue weighted by Gasteiger charge is -2.08. The van der Waals surface area contributed by atoms with E-state index in [-0.39, 0.29) is 12.3 Å². The number of carbonyl (C=O) groups is 2. The number of hydrogen-bond donors (Lipinski definition) is 2. The van der Waals surface area contributed by atoms with Crippen molar-refractivity contribution in [1.29, 1.82) is 0 Å². The normalized spacial score (nSPS) is 13.4. The minimum atomic E-state index is -0.827. The second-order valence-corrected chi connectivity index (χ2v) is 6.06. The zero-order valence-corrected chi connectivity index (χ0v) is 13.7. The van der Waals surface area contributed by atoms with Gasteiger partial charge >= 0.3 is 5.97 Å². The van der Waals surface area contributed by atoms with Crippen LogP contribution in [0.1, 0.15) is 53.2 Å². The first-order chi connectivity index (χ1) is 12.1. The average Bonchev–Trinajstić information content (AvgIpc) is 3.34. The van der Waals surface area contributed by atoms with Crippen LogP contribution < -0.4 is 10.1 Å². The Balaban J connectivity index is 1.46. The molecule has 132 valence electrons. The largest absolute Gasteiger partial charge is 0.494 e. The number of nitrogens with zero attached hydrogens (tertiary/aromatic N) is 1. The van der Waals surface area contributed by atoms with E-state index < -0.39 is 5.97 Å². The SMILES string of the molecule is O=C(O)CCCOc1ccc(CNC(=O)c2conc2C2CC2)cc1. The van der Waals surface area contributed by atoms with Crippen molar-refractivity contribution >= 4 is 11.9 Å². The summed E-state index contributed by atoms with van der Waals surface area (Å²) >= 11 is 0. The van der Waals surface area contributed by atoms with Gasteiger partial charge in [0.2, 0.25) is 0 Å². The Hall–Kier alpha value is -2.83. The Morgan fingerprint density at radius 1 is 1.28 bits per heavy atom. The molecule has 7 heteroatoms. The third-order valence-corrected chi connectivity index (χ3v) is 3.99. The van der Waals surface area contributed by atoms with Gasteiger partial charge in [-0.1, -0.05) is 17.3 Å². The summed E-state index contributed by atoms with van der Waals surface area (Å²) < 4.78 is 10.4. The van der Waals surface area contributed by atoms with E-state index >= 15 is 0 Å². The van der Waals surface area contributed by atoms with Gasteiger partial charge in [-0.25, -0.2) is 0 Å². The van der Waals surface area contributed by atoms with Gasteiger partial charge in [0.05, 0.1) is 12.3 Å². The van der Waals surface area contributed by atoms with Gasteiger partial charge in [0, 0.05) is 18.9 Å². The molecule has 2 N–H and O–H groups in total. The predicted octanol–water partition coefficient (Wildman–Crippen LogP) is 2.73. The van der Waals surface area contributed by atoms with Crippen molar-refractivity contribution in [2.75, 3.05) is 6.61 Å². The topological polar surface area (TPSA) is 102 Å². The lowest BCUT2D eigenvalue weighted by molar-refractivity contribution is -0.137. The van der Waals surface area contributed by atoms with Gasteiger partial charge in [0.15, 0.2) is 0 Å².